The van der Waals surface area contributed by atoms with Gasteiger partial charge in [0.15, 0.2) is 5.96 Å². The largest absolute Gasteiger partial charge is 0.383 e. The third-order valence-corrected chi connectivity index (χ3v) is 3.68. The molecule has 15 heavy (non-hydrogen) atoms. The summed E-state index contributed by atoms with van der Waals surface area (Å²) >= 11 is 2.00. The van der Waals surface area contributed by atoms with Gasteiger partial charge in [-0.15, -0.1) is 0 Å². The van der Waals surface area contributed by atoms with E-state index in [1.54, 1.807) is 7.11 Å². The molecule has 0 aromatic rings. The van der Waals surface area contributed by atoms with Crippen LogP contribution in [0.15, 0.2) is 4.99 Å². The SMILES string of the molecule is COCC(C)NC(N)=NCC1CCCS1. The number of methoxy groups -OCH3 is 1. The summed E-state index contributed by atoms with van der Waals surface area (Å²) in [7, 11) is 1.68. The van der Waals surface area contributed by atoms with E-state index in [0.717, 1.165) is 6.54 Å². The van der Waals surface area contributed by atoms with Crippen LogP contribution in [0, 0.1) is 0 Å². The highest BCUT2D eigenvalue weighted by atomic mass is 32.2. The van der Waals surface area contributed by atoms with E-state index in [0.29, 0.717) is 17.8 Å². The fraction of sp³-hybridized carbons (Fsp3) is 0.900. The fourth-order valence-corrected chi connectivity index (χ4v) is 2.76. The molecule has 0 saturated carbocycles. The maximum atomic E-state index is 5.76. The van der Waals surface area contributed by atoms with Crippen LogP contribution in [0.3, 0.4) is 0 Å². The van der Waals surface area contributed by atoms with E-state index in [1.165, 1.54) is 18.6 Å². The summed E-state index contributed by atoms with van der Waals surface area (Å²) in [5.41, 5.74) is 5.76. The monoisotopic (exact) mass is 231 g/mol. The molecule has 1 aliphatic rings. The van der Waals surface area contributed by atoms with Crippen molar-refractivity contribution in [1.29, 1.82) is 0 Å². The second-order valence-electron chi connectivity index (χ2n) is 3.86. The van der Waals surface area contributed by atoms with Crippen LogP contribution in [0.4, 0.5) is 0 Å². The Kier molecular flexibility index (Phi) is 5.86. The predicted molar refractivity (Wildman–Crippen MR) is 66.4 cm³/mol. The standard InChI is InChI=1S/C10H21N3OS/c1-8(7-14-2)13-10(11)12-6-9-4-3-5-15-9/h8-9H,3-7H2,1-2H3,(H3,11,12,13). The van der Waals surface area contributed by atoms with Gasteiger partial charge in [-0.25, -0.2) is 0 Å². The highest BCUT2D eigenvalue weighted by Crippen LogP contribution is 2.25. The molecular formula is C10H21N3OS. The molecule has 0 spiro atoms. The second kappa shape index (κ2) is 6.95. The molecule has 1 saturated heterocycles. The van der Waals surface area contributed by atoms with E-state index in [2.05, 4.69) is 10.3 Å². The van der Waals surface area contributed by atoms with Crippen molar-refractivity contribution >= 4 is 17.7 Å². The van der Waals surface area contributed by atoms with Crippen LogP contribution in [-0.2, 0) is 4.74 Å². The molecule has 0 aromatic heterocycles. The zero-order valence-corrected chi connectivity index (χ0v) is 10.3. The molecule has 1 rings (SSSR count). The second-order valence-corrected chi connectivity index (χ2v) is 5.27. The molecule has 2 atom stereocenters. The van der Waals surface area contributed by atoms with Crippen molar-refractivity contribution in [3.8, 4) is 0 Å². The van der Waals surface area contributed by atoms with Gasteiger partial charge in [0.05, 0.1) is 13.2 Å². The number of hydrogen-bond donors (Lipinski definition) is 2. The summed E-state index contributed by atoms with van der Waals surface area (Å²) in [6.07, 6.45) is 2.59. The Hall–Kier alpha value is -0.420. The van der Waals surface area contributed by atoms with Crippen molar-refractivity contribution in [1.82, 2.24) is 5.32 Å². The highest BCUT2D eigenvalue weighted by Gasteiger charge is 2.14. The van der Waals surface area contributed by atoms with E-state index >= 15 is 0 Å². The van der Waals surface area contributed by atoms with Crippen LogP contribution in [0.2, 0.25) is 0 Å². The lowest BCUT2D eigenvalue weighted by Crippen LogP contribution is -2.41. The molecule has 0 bridgehead atoms. The van der Waals surface area contributed by atoms with Crippen LogP contribution in [0.25, 0.3) is 0 Å². The topological polar surface area (TPSA) is 59.6 Å². The van der Waals surface area contributed by atoms with Gasteiger partial charge in [0.2, 0.25) is 0 Å². The lowest BCUT2D eigenvalue weighted by atomic mass is 10.2. The predicted octanol–water partition coefficient (Wildman–Crippen LogP) is 0.821. The third kappa shape index (κ3) is 5.28. The lowest BCUT2D eigenvalue weighted by molar-refractivity contribution is 0.179. The van der Waals surface area contributed by atoms with Crippen LogP contribution in [-0.4, -0.2) is 43.3 Å². The average molecular weight is 231 g/mol. The number of hydrogen-bond acceptors (Lipinski definition) is 3. The van der Waals surface area contributed by atoms with Crippen molar-refractivity contribution in [2.24, 2.45) is 10.7 Å². The molecule has 0 radical (unpaired) electrons. The van der Waals surface area contributed by atoms with Gasteiger partial charge < -0.3 is 15.8 Å². The van der Waals surface area contributed by atoms with E-state index < -0.39 is 0 Å². The molecule has 1 aliphatic heterocycles. The van der Waals surface area contributed by atoms with Crippen molar-refractivity contribution < 1.29 is 4.74 Å². The summed E-state index contributed by atoms with van der Waals surface area (Å²) in [6, 6.07) is 0.218. The summed E-state index contributed by atoms with van der Waals surface area (Å²) in [5.74, 6) is 1.81. The summed E-state index contributed by atoms with van der Waals surface area (Å²) < 4.78 is 5.01. The van der Waals surface area contributed by atoms with Crippen LogP contribution in [0.5, 0.6) is 0 Å². The Morgan fingerprint density at radius 3 is 3.13 bits per heavy atom. The first-order valence-electron chi connectivity index (χ1n) is 5.39. The van der Waals surface area contributed by atoms with E-state index in [4.69, 9.17) is 10.5 Å². The summed E-state index contributed by atoms with van der Waals surface area (Å²) in [6.45, 7) is 3.51. The molecule has 5 heteroatoms. The number of thioether (sulfide) groups is 1. The Balaban J connectivity index is 2.19. The molecule has 88 valence electrons. The van der Waals surface area contributed by atoms with Gasteiger partial charge in [-0.3, -0.25) is 4.99 Å². The quantitative estimate of drug-likeness (QED) is 0.543. The molecule has 1 fully saturated rings. The van der Waals surface area contributed by atoms with Crippen LogP contribution < -0.4 is 11.1 Å². The number of guanidine groups is 1. The normalized spacial score (nSPS) is 24.1. The highest BCUT2D eigenvalue weighted by molar-refractivity contribution is 8.00. The zero-order valence-electron chi connectivity index (χ0n) is 9.53. The van der Waals surface area contributed by atoms with Crippen molar-refractivity contribution in [3.05, 3.63) is 0 Å². The summed E-state index contributed by atoms with van der Waals surface area (Å²) in [4.78, 5) is 4.34. The van der Waals surface area contributed by atoms with Crippen LogP contribution >= 0.6 is 11.8 Å². The minimum absolute atomic E-state index is 0.218. The van der Waals surface area contributed by atoms with Crippen molar-refractivity contribution in [3.63, 3.8) is 0 Å². The number of nitrogens with two attached hydrogens (primary N) is 1. The summed E-state index contributed by atoms with van der Waals surface area (Å²) in [5, 5.41) is 3.77. The number of rotatable bonds is 5. The molecule has 3 N–H and O–H groups in total. The van der Waals surface area contributed by atoms with Gasteiger partial charge in [-0.1, -0.05) is 0 Å². The first-order valence-corrected chi connectivity index (χ1v) is 6.44. The van der Waals surface area contributed by atoms with E-state index in [1.807, 2.05) is 18.7 Å². The molecular weight excluding hydrogens is 210 g/mol. The Morgan fingerprint density at radius 2 is 2.53 bits per heavy atom. The Bertz CT molecular complexity index is 205. The molecule has 2 unspecified atom stereocenters. The van der Waals surface area contributed by atoms with Crippen LogP contribution in [0.1, 0.15) is 19.8 Å². The number of ether oxygens (including phenoxy) is 1. The number of nitrogens with zero attached hydrogens (tertiary/aromatic N) is 1. The van der Waals surface area contributed by atoms with Crippen molar-refractivity contribution in [2.45, 2.75) is 31.1 Å². The van der Waals surface area contributed by atoms with E-state index in [-0.39, 0.29) is 6.04 Å². The van der Waals surface area contributed by atoms with Gasteiger partial charge in [0.25, 0.3) is 0 Å². The first kappa shape index (κ1) is 12.6. The average Bonchev–Trinajstić information content (AvgIpc) is 2.67. The van der Waals surface area contributed by atoms with Crippen molar-refractivity contribution in [2.75, 3.05) is 26.0 Å². The van der Waals surface area contributed by atoms with Gasteiger partial charge >= 0.3 is 0 Å². The Labute approximate surface area is 96.0 Å². The molecule has 0 aromatic carbocycles. The van der Waals surface area contributed by atoms with Gasteiger partial charge in [-0.2, -0.15) is 11.8 Å². The first-order chi connectivity index (χ1) is 7.22. The van der Waals surface area contributed by atoms with Gasteiger partial charge in [-0.05, 0) is 25.5 Å². The smallest absolute Gasteiger partial charge is 0.188 e. The molecule has 1 heterocycles. The maximum absolute atomic E-state index is 5.76. The zero-order chi connectivity index (χ0) is 11.1. The Morgan fingerprint density at radius 1 is 1.73 bits per heavy atom. The van der Waals surface area contributed by atoms with Gasteiger partial charge in [0, 0.05) is 18.4 Å². The maximum Gasteiger partial charge on any atom is 0.188 e. The number of aliphatic imine (C=N–C) groups is 1. The molecule has 0 aliphatic carbocycles. The lowest BCUT2D eigenvalue weighted by Gasteiger charge is -2.13. The minimum Gasteiger partial charge on any atom is -0.383 e. The number of nitrogens with one attached hydrogen (secondary N) is 1. The molecule has 0 amide bonds. The van der Waals surface area contributed by atoms with E-state index in [9.17, 15) is 0 Å². The third-order valence-electron chi connectivity index (χ3n) is 2.30. The molecule has 4 nitrogen and oxygen atoms in total. The minimum atomic E-state index is 0.218. The van der Waals surface area contributed by atoms with Gasteiger partial charge in [0.1, 0.15) is 0 Å². The fourth-order valence-electron chi connectivity index (χ4n) is 1.58.